The van der Waals surface area contributed by atoms with E-state index in [2.05, 4.69) is 5.32 Å². The fraction of sp³-hybridized carbons (Fsp3) is 0.462. The maximum absolute atomic E-state index is 13.2. The number of benzene rings is 1. The molecule has 0 heterocycles. The number of nitrogens with one attached hydrogen (secondary N) is 1. The molecule has 1 amide bonds. The van der Waals surface area contributed by atoms with Gasteiger partial charge in [-0.25, -0.2) is 8.78 Å². The van der Waals surface area contributed by atoms with Crippen molar-refractivity contribution in [3.05, 3.63) is 29.3 Å². The van der Waals surface area contributed by atoms with E-state index in [0.717, 1.165) is 12.1 Å². The summed E-state index contributed by atoms with van der Waals surface area (Å²) in [4.78, 5) is 11.6. The first-order valence-electron chi connectivity index (χ1n) is 6.18. The number of anilines is 1. The number of nitrogens with two attached hydrogens (primary N) is 1. The second-order valence-electron chi connectivity index (χ2n) is 4.63. The third kappa shape index (κ3) is 3.89. The van der Waals surface area contributed by atoms with Gasteiger partial charge in [-0.1, -0.05) is 0 Å². The van der Waals surface area contributed by atoms with Crippen molar-refractivity contribution in [3.8, 4) is 0 Å². The van der Waals surface area contributed by atoms with E-state index in [9.17, 15) is 13.6 Å². The number of ether oxygens (including phenoxy) is 1. The predicted octanol–water partition coefficient (Wildman–Crippen LogP) is 1.70. The molecule has 6 heteroatoms. The van der Waals surface area contributed by atoms with Crippen LogP contribution in [0.4, 0.5) is 14.5 Å². The number of amides is 1. The molecule has 1 saturated carbocycles. The Morgan fingerprint density at radius 3 is 2.58 bits per heavy atom. The number of carbonyl (C=O) groups is 1. The molecule has 2 rings (SSSR count). The third-order valence-corrected chi connectivity index (χ3v) is 2.92. The van der Waals surface area contributed by atoms with Crippen molar-refractivity contribution < 1.29 is 18.3 Å². The van der Waals surface area contributed by atoms with Crippen molar-refractivity contribution >= 4 is 11.6 Å². The first-order chi connectivity index (χ1) is 9.08. The van der Waals surface area contributed by atoms with Gasteiger partial charge in [0.25, 0.3) is 5.91 Å². The summed E-state index contributed by atoms with van der Waals surface area (Å²) in [6, 6.07) is 1.83. The summed E-state index contributed by atoms with van der Waals surface area (Å²) in [7, 11) is 0. The lowest BCUT2D eigenvalue weighted by molar-refractivity contribution is 0.0906. The molecular formula is C13H16F2N2O2. The summed E-state index contributed by atoms with van der Waals surface area (Å²) in [5.41, 5.74) is 4.45. The smallest absolute Gasteiger partial charge is 0.251 e. The molecule has 0 bridgehead atoms. The van der Waals surface area contributed by atoms with Crippen LogP contribution in [0.3, 0.4) is 0 Å². The van der Waals surface area contributed by atoms with E-state index in [-0.39, 0.29) is 5.56 Å². The molecule has 104 valence electrons. The molecule has 0 unspecified atom stereocenters. The van der Waals surface area contributed by atoms with Gasteiger partial charge in [-0.3, -0.25) is 4.79 Å². The van der Waals surface area contributed by atoms with Gasteiger partial charge in [0.1, 0.15) is 17.3 Å². The maximum Gasteiger partial charge on any atom is 0.251 e. The van der Waals surface area contributed by atoms with E-state index in [4.69, 9.17) is 10.5 Å². The second-order valence-corrected chi connectivity index (χ2v) is 4.63. The number of hydrogen-bond donors (Lipinski definition) is 2. The Kier molecular flexibility index (Phi) is 4.31. The van der Waals surface area contributed by atoms with Crippen LogP contribution in [0.25, 0.3) is 0 Å². The summed E-state index contributed by atoms with van der Waals surface area (Å²) in [6.07, 6.45) is 2.41. The van der Waals surface area contributed by atoms with Crippen LogP contribution < -0.4 is 11.1 Å². The number of rotatable bonds is 6. The number of nitrogen functional groups attached to an aromatic ring is 1. The molecule has 19 heavy (non-hydrogen) atoms. The Morgan fingerprint density at radius 2 is 2.00 bits per heavy atom. The van der Waals surface area contributed by atoms with Crippen molar-refractivity contribution in [2.75, 3.05) is 25.5 Å². The highest BCUT2D eigenvalue weighted by Crippen LogP contribution is 2.28. The lowest BCUT2D eigenvalue weighted by Crippen LogP contribution is -2.27. The molecule has 0 spiro atoms. The van der Waals surface area contributed by atoms with Crippen LogP contribution in [0.5, 0.6) is 0 Å². The minimum atomic E-state index is -0.935. The number of halogens is 2. The molecule has 1 aromatic rings. The van der Waals surface area contributed by atoms with Gasteiger partial charge >= 0.3 is 0 Å². The Labute approximate surface area is 109 Å². The van der Waals surface area contributed by atoms with Crippen LogP contribution in [0.1, 0.15) is 23.2 Å². The van der Waals surface area contributed by atoms with E-state index in [1.165, 1.54) is 12.8 Å². The minimum absolute atomic E-state index is 0.0913. The molecule has 4 nitrogen and oxygen atoms in total. The zero-order chi connectivity index (χ0) is 13.8. The van der Waals surface area contributed by atoms with E-state index >= 15 is 0 Å². The van der Waals surface area contributed by atoms with E-state index in [0.29, 0.717) is 25.7 Å². The lowest BCUT2D eigenvalue weighted by Gasteiger charge is -2.07. The third-order valence-electron chi connectivity index (χ3n) is 2.92. The highest BCUT2D eigenvalue weighted by molar-refractivity contribution is 5.94. The normalized spacial score (nSPS) is 14.4. The Bertz CT molecular complexity index is 453. The fourth-order valence-electron chi connectivity index (χ4n) is 1.59. The highest BCUT2D eigenvalue weighted by atomic mass is 19.1. The molecule has 0 atom stereocenters. The molecule has 0 saturated heterocycles. The average Bonchev–Trinajstić information content (AvgIpc) is 3.18. The first-order valence-corrected chi connectivity index (χ1v) is 6.18. The average molecular weight is 270 g/mol. The van der Waals surface area contributed by atoms with Gasteiger partial charge in [0, 0.05) is 18.7 Å². The molecule has 0 aromatic heterocycles. The van der Waals surface area contributed by atoms with Crippen molar-refractivity contribution in [2.24, 2.45) is 5.92 Å². The van der Waals surface area contributed by atoms with Crippen LogP contribution in [0.2, 0.25) is 0 Å². The summed E-state index contributed by atoms with van der Waals surface area (Å²) in [5.74, 6) is -1.76. The summed E-state index contributed by atoms with van der Waals surface area (Å²) in [6.45, 7) is 1.41. The van der Waals surface area contributed by atoms with Crippen molar-refractivity contribution in [3.63, 3.8) is 0 Å². The number of carbonyl (C=O) groups excluding carboxylic acids is 1. The van der Waals surface area contributed by atoms with Gasteiger partial charge in [-0.15, -0.1) is 0 Å². The summed E-state index contributed by atoms with van der Waals surface area (Å²) < 4.78 is 31.7. The van der Waals surface area contributed by atoms with Crippen LogP contribution in [0, 0.1) is 17.6 Å². The fourth-order valence-corrected chi connectivity index (χ4v) is 1.59. The zero-order valence-corrected chi connectivity index (χ0v) is 10.4. The highest BCUT2D eigenvalue weighted by Gasteiger charge is 2.21. The minimum Gasteiger partial charge on any atom is -0.394 e. The van der Waals surface area contributed by atoms with Gasteiger partial charge in [0.15, 0.2) is 0 Å². The van der Waals surface area contributed by atoms with Crippen molar-refractivity contribution in [1.82, 2.24) is 5.32 Å². The number of hydrogen-bond acceptors (Lipinski definition) is 3. The standard InChI is InChI=1S/C13H16F2N2O2/c14-10-5-9(6-11(15)12(10)16)13(18)17-3-4-19-7-8-1-2-8/h5-6,8H,1-4,7,16H2,(H,17,18). The largest absolute Gasteiger partial charge is 0.394 e. The van der Waals surface area contributed by atoms with Gasteiger partial charge in [-0.2, -0.15) is 0 Å². The molecule has 0 aliphatic heterocycles. The van der Waals surface area contributed by atoms with Gasteiger partial charge < -0.3 is 15.8 Å². The molecule has 0 radical (unpaired) electrons. The van der Waals surface area contributed by atoms with Crippen LogP contribution >= 0.6 is 0 Å². The SMILES string of the molecule is Nc1c(F)cc(C(=O)NCCOCC2CC2)cc1F. The Morgan fingerprint density at radius 1 is 1.37 bits per heavy atom. The first kappa shape index (κ1) is 13.7. The van der Waals surface area contributed by atoms with Gasteiger partial charge in [0.05, 0.1) is 6.61 Å². The maximum atomic E-state index is 13.2. The monoisotopic (exact) mass is 270 g/mol. The van der Waals surface area contributed by atoms with Crippen LogP contribution in [-0.2, 0) is 4.74 Å². The molecule has 1 fully saturated rings. The molecular weight excluding hydrogens is 254 g/mol. The topological polar surface area (TPSA) is 64.4 Å². The van der Waals surface area contributed by atoms with Crippen LogP contribution in [0.15, 0.2) is 12.1 Å². The Hall–Kier alpha value is -1.69. The van der Waals surface area contributed by atoms with Crippen LogP contribution in [-0.4, -0.2) is 25.7 Å². The van der Waals surface area contributed by atoms with E-state index < -0.39 is 23.2 Å². The van der Waals surface area contributed by atoms with E-state index in [1.807, 2.05) is 0 Å². The molecule has 1 aromatic carbocycles. The zero-order valence-electron chi connectivity index (χ0n) is 10.4. The van der Waals surface area contributed by atoms with Crippen molar-refractivity contribution in [1.29, 1.82) is 0 Å². The predicted molar refractivity (Wildman–Crippen MR) is 66.6 cm³/mol. The Balaban J connectivity index is 1.78. The molecule has 3 N–H and O–H groups in total. The summed E-state index contributed by atoms with van der Waals surface area (Å²) in [5, 5.41) is 2.53. The van der Waals surface area contributed by atoms with Gasteiger partial charge in [-0.05, 0) is 30.9 Å². The molecule has 1 aliphatic carbocycles. The second kappa shape index (κ2) is 5.97. The quantitative estimate of drug-likeness (QED) is 0.611. The van der Waals surface area contributed by atoms with E-state index in [1.54, 1.807) is 0 Å². The summed E-state index contributed by atoms with van der Waals surface area (Å²) >= 11 is 0. The van der Waals surface area contributed by atoms with Crippen molar-refractivity contribution in [2.45, 2.75) is 12.8 Å². The van der Waals surface area contributed by atoms with Gasteiger partial charge in [0.2, 0.25) is 0 Å². The molecule has 1 aliphatic rings. The lowest BCUT2D eigenvalue weighted by atomic mass is 10.1.